The van der Waals surface area contributed by atoms with Gasteiger partial charge in [0.2, 0.25) is 0 Å². The number of nitrogens with one attached hydrogen (secondary N) is 1. The molecule has 0 bridgehead atoms. The first kappa shape index (κ1) is 13.3. The maximum absolute atomic E-state index is 5.62. The number of thioether (sulfide) groups is 1. The van der Waals surface area contributed by atoms with Crippen LogP contribution in [0.4, 0.5) is 0 Å². The number of rotatable bonds is 1. The highest BCUT2D eigenvalue weighted by molar-refractivity contribution is 7.99. The molecular formula is C16H23NOS. The van der Waals surface area contributed by atoms with Crippen molar-refractivity contribution in [2.75, 3.05) is 26.0 Å². The van der Waals surface area contributed by atoms with E-state index in [2.05, 4.69) is 25.2 Å². The van der Waals surface area contributed by atoms with Crippen molar-refractivity contribution in [3.8, 4) is 5.75 Å². The highest BCUT2D eigenvalue weighted by Gasteiger charge is 2.37. The molecule has 0 saturated carbocycles. The molecule has 19 heavy (non-hydrogen) atoms. The molecule has 1 atom stereocenters. The van der Waals surface area contributed by atoms with Gasteiger partial charge in [-0.2, -0.15) is 0 Å². The monoisotopic (exact) mass is 277 g/mol. The molecule has 2 aliphatic heterocycles. The molecule has 0 aromatic heterocycles. The summed E-state index contributed by atoms with van der Waals surface area (Å²) in [6, 6.07) is 2.20. The minimum atomic E-state index is 0.488. The zero-order valence-corrected chi connectivity index (χ0v) is 13.0. The van der Waals surface area contributed by atoms with Crippen molar-refractivity contribution in [1.82, 2.24) is 5.32 Å². The summed E-state index contributed by atoms with van der Waals surface area (Å²) in [5.41, 5.74) is 4.86. The van der Waals surface area contributed by atoms with E-state index in [1.165, 1.54) is 54.1 Å². The number of hydrogen-bond acceptors (Lipinski definition) is 3. The lowest BCUT2D eigenvalue weighted by molar-refractivity contribution is 0.309. The Morgan fingerprint density at radius 1 is 1.32 bits per heavy atom. The van der Waals surface area contributed by atoms with Gasteiger partial charge in [0.15, 0.2) is 0 Å². The summed E-state index contributed by atoms with van der Waals surface area (Å²) < 4.78 is 5.62. The fraction of sp³-hybridized carbons (Fsp3) is 0.625. The van der Waals surface area contributed by atoms with Crippen LogP contribution in [0.1, 0.15) is 29.5 Å². The van der Waals surface area contributed by atoms with Crippen LogP contribution in [0.2, 0.25) is 0 Å². The maximum atomic E-state index is 5.62. The number of fused-ring (bicyclic) bond motifs is 1. The molecule has 1 fully saturated rings. The molecule has 104 valence electrons. The van der Waals surface area contributed by atoms with Crippen molar-refractivity contribution >= 4 is 11.8 Å². The number of methoxy groups -OCH3 is 1. The fourth-order valence-corrected chi connectivity index (χ4v) is 4.87. The lowest BCUT2D eigenvalue weighted by atomic mass is 9.77. The topological polar surface area (TPSA) is 21.3 Å². The summed E-state index contributed by atoms with van der Waals surface area (Å²) >= 11 is 1.99. The van der Waals surface area contributed by atoms with Gasteiger partial charge < -0.3 is 10.1 Å². The van der Waals surface area contributed by atoms with Crippen LogP contribution in [0.5, 0.6) is 5.75 Å². The van der Waals surface area contributed by atoms with Crippen LogP contribution >= 0.6 is 11.8 Å². The molecule has 3 rings (SSSR count). The van der Waals surface area contributed by atoms with Gasteiger partial charge in [0.25, 0.3) is 0 Å². The number of benzene rings is 1. The van der Waals surface area contributed by atoms with E-state index in [1.807, 2.05) is 11.8 Å². The van der Waals surface area contributed by atoms with Gasteiger partial charge in [-0.1, -0.05) is 0 Å². The first-order valence-electron chi connectivity index (χ1n) is 7.16. The molecule has 2 aliphatic rings. The maximum Gasteiger partial charge on any atom is 0.132 e. The number of ether oxygens (including phenoxy) is 1. The molecular weight excluding hydrogens is 254 g/mol. The molecule has 1 aromatic rings. The van der Waals surface area contributed by atoms with Crippen LogP contribution < -0.4 is 10.1 Å². The Bertz CT molecular complexity index is 492. The molecule has 1 spiro atoms. The first-order valence-corrected chi connectivity index (χ1v) is 8.14. The second-order valence-electron chi connectivity index (χ2n) is 6.03. The average Bonchev–Trinajstić information content (AvgIpc) is 2.76. The van der Waals surface area contributed by atoms with Crippen molar-refractivity contribution in [1.29, 1.82) is 0 Å². The largest absolute Gasteiger partial charge is 0.496 e. The minimum Gasteiger partial charge on any atom is -0.496 e. The molecule has 1 N–H and O–H groups in total. The van der Waals surface area contributed by atoms with Crippen LogP contribution in [-0.2, 0) is 6.42 Å². The van der Waals surface area contributed by atoms with Gasteiger partial charge in [0.05, 0.1) is 12.0 Å². The molecule has 0 radical (unpaired) electrons. The van der Waals surface area contributed by atoms with Crippen molar-refractivity contribution in [3.05, 3.63) is 22.8 Å². The van der Waals surface area contributed by atoms with Crippen molar-refractivity contribution in [2.24, 2.45) is 5.41 Å². The Kier molecular flexibility index (Phi) is 3.52. The third-order valence-corrected chi connectivity index (χ3v) is 6.02. The van der Waals surface area contributed by atoms with Gasteiger partial charge in [-0.25, -0.2) is 0 Å². The van der Waals surface area contributed by atoms with E-state index in [-0.39, 0.29) is 0 Å². The molecule has 0 amide bonds. The lowest BCUT2D eigenvalue weighted by Crippen LogP contribution is -2.27. The van der Waals surface area contributed by atoms with Gasteiger partial charge in [-0.05, 0) is 73.6 Å². The predicted molar refractivity (Wildman–Crippen MR) is 81.4 cm³/mol. The third-order valence-electron chi connectivity index (χ3n) is 4.87. The van der Waals surface area contributed by atoms with E-state index < -0.39 is 0 Å². The smallest absolute Gasteiger partial charge is 0.132 e. The standard InChI is InChI=1S/C16H23NOS/c1-11-8-14(18-3)15-13(12(11)2)9-16(5-7-19-15)4-6-17-10-16/h8,17H,4-7,9-10H2,1-3H3. The zero-order valence-electron chi connectivity index (χ0n) is 12.1. The lowest BCUT2D eigenvalue weighted by Gasteiger charge is -2.27. The molecule has 1 saturated heterocycles. The van der Waals surface area contributed by atoms with Crippen LogP contribution in [0.25, 0.3) is 0 Å². The predicted octanol–water partition coefficient (Wildman–Crippen LogP) is 3.33. The fourth-order valence-electron chi connectivity index (χ4n) is 3.44. The average molecular weight is 277 g/mol. The van der Waals surface area contributed by atoms with Crippen LogP contribution in [0, 0.1) is 19.3 Å². The Hall–Kier alpha value is -0.670. The van der Waals surface area contributed by atoms with Crippen LogP contribution in [0.15, 0.2) is 11.0 Å². The summed E-state index contributed by atoms with van der Waals surface area (Å²) in [6.07, 6.45) is 3.86. The van der Waals surface area contributed by atoms with Crippen molar-refractivity contribution in [2.45, 2.75) is 38.0 Å². The first-order chi connectivity index (χ1) is 9.15. The van der Waals surface area contributed by atoms with E-state index in [0.29, 0.717) is 5.41 Å². The van der Waals surface area contributed by atoms with Crippen LogP contribution in [0.3, 0.4) is 0 Å². The van der Waals surface area contributed by atoms with E-state index in [1.54, 1.807) is 12.7 Å². The van der Waals surface area contributed by atoms with Gasteiger partial charge in [-0.15, -0.1) is 11.8 Å². The van der Waals surface area contributed by atoms with Gasteiger partial charge in [0.1, 0.15) is 5.75 Å². The highest BCUT2D eigenvalue weighted by atomic mass is 32.2. The SMILES string of the molecule is COc1cc(C)c(C)c2c1SCCC1(CCNC1)C2. The number of aryl methyl sites for hydroxylation is 1. The highest BCUT2D eigenvalue weighted by Crippen LogP contribution is 2.46. The zero-order chi connectivity index (χ0) is 13.5. The Morgan fingerprint density at radius 3 is 2.84 bits per heavy atom. The van der Waals surface area contributed by atoms with Gasteiger partial charge in [0, 0.05) is 6.54 Å². The summed E-state index contributed by atoms with van der Waals surface area (Å²) in [5, 5.41) is 3.56. The molecule has 0 aliphatic carbocycles. The number of hydrogen-bond donors (Lipinski definition) is 1. The minimum absolute atomic E-state index is 0.488. The Labute approximate surface area is 120 Å². The van der Waals surface area contributed by atoms with Crippen molar-refractivity contribution < 1.29 is 4.74 Å². The molecule has 1 aromatic carbocycles. The summed E-state index contributed by atoms with van der Waals surface area (Å²) in [6.45, 7) is 6.84. The summed E-state index contributed by atoms with van der Waals surface area (Å²) in [7, 11) is 1.79. The molecule has 3 heteroatoms. The third kappa shape index (κ3) is 2.27. The van der Waals surface area contributed by atoms with Crippen molar-refractivity contribution in [3.63, 3.8) is 0 Å². The molecule has 2 heterocycles. The second-order valence-corrected chi connectivity index (χ2v) is 7.14. The summed E-state index contributed by atoms with van der Waals surface area (Å²) in [5.74, 6) is 2.29. The van der Waals surface area contributed by atoms with E-state index in [9.17, 15) is 0 Å². The quantitative estimate of drug-likeness (QED) is 0.851. The Balaban J connectivity index is 2.08. The van der Waals surface area contributed by atoms with Crippen LogP contribution in [-0.4, -0.2) is 26.0 Å². The van der Waals surface area contributed by atoms with E-state index >= 15 is 0 Å². The normalized spacial score (nSPS) is 26.3. The van der Waals surface area contributed by atoms with E-state index in [0.717, 1.165) is 5.75 Å². The second kappa shape index (κ2) is 5.02. The van der Waals surface area contributed by atoms with Gasteiger partial charge >= 0.3 is 0 Å². The summed E-state index contributed by atoms with van der Waals surface area (Å²) in [4.78, 5) is 1.40. The van der Waals surface area contributed by atoms with E-state index in [4.69, 9.17) is 4.74 Å². The molecule has 1 unspecified atom stereocenters. The Morgan fingerprint density at radius 2 is 2.16 bits per heavy atom. The van der Waals surface area contributed by atoms with Gasteiger partial charge in [-0.3, -0.25) is 0 Å². The molecule has 2 nitrogen and oxygen atoms in total.